The maximum absolute atomic E-state index is 14.6. The molecule has 152 valence electrons. The molecule has 0 fully saturated rings. The first-order valence-corrected chi connectivity index (χ1v) is 10.6. The summed E-state index contributed by atoms with van der Waals surface area (Å²) in [6.45, 7) is 1.81. The van der Waals surface area contributed by atoms with E-state index in [1.54, 1.807) is 6.92 Å². The number of aromatic nitrogens is 1. The molecule has 3 aromatic rings. The minimum Gasteiger partial charge on any atom is -0.506 e. The highest BCUT2D eigenvalue weighted by atomic mass is 79.9. The molecule has 0 spiro atoms. The summed E-state index contributed by atoms with van der Waals surface area (Å²) in [7, 11) is -4.43. The Bertz CT molecular complexity index is 1160. The van der Waals surface area contributed by atoms with Crippen LogP contribution >= 0.6 is 15.9 Å². The summed E-state index contributed by atoms with van der Waals surface area (Å²) in [5.74, 6) is -2.75. The van der Waals surface area contributed by atoms with Gasteiger partial charge in [0.2, 0.25) is 5.95 Å². The molecular formula is C19H16BrF2N3O3S. The fraction of sp³-hybridized carbons (Fsp3) is 0.105. The van der Waals surface area contributed by atoms with Crippen molar-refractivity contribution in [3.63, 3.8) is 0 Å². The van der Waals surface area contributed by atoms with E-state index in [0.717, 1.165) is 28.2 Å². The zero-order valence-electron chi connectivity index (χ0n) is 15.0. The van der Waals surface area contributed by atoms with Crippen molar-refractivity contribution in [3.8, 4) is 5.75 Å². The fourth-order valence-corrected chi connectivity index (χ4v) is 4.11. The van der Waals surface area contributed by atoms with E-state index in [1.165, 1.54) is 12.1 Å². The first kappa shape index (κ1) is 21.0. The molecule has 3 N–H and O–H groups in total. The molecular weight excluding hydrogens is 468 g/mol. The fourth-order valence-electron chi connectivity index (χ4n) is 2.61. The van der Waals surface area contributed by atoms with Gasteiger partial charge in [-0.25, -0.2) is 17.8 Å². The number of aromatic hydroxyl groups is 1. The largest absolute Gasteiger partial charge is 0.506 e. The molecule has 29 heavy (non-hydrogen) atoms. The van der Waals surface area contributed by atoms with E-state index < -0.39 is 32.4 Å². The van der Waals surface area contributed by atoms with Crippen molar-refractivity contribution in [1.29, 1.82) is 0 Å². The topological polar surface area (TPSA) is 91.3 Å². The lowest BCUT2D eigenvalue weighted by molar-refractivity contribution is 0.469. The number of nitrogens with zero attached hydrogens (tertiary/aromatic N) is 1. The van der Waals surface area contributed by atoms with E-state index in [0.29, 0.717) is 0 Å². The molecule has 1 atom stereocenters. The van der Waals surface area contributed by atoms with E-state index in [-0.39, 0.29) is 17.5 Å². The number of phenols is 1. The summed E-state index contributed by atoms with van der Waals surface area (Å²) in [6, 6.07) is 12.3. The quantitative estimate of drug-likeness (QED) is 0.346. The molecule has 0 aliphatic carbocycles. The second-order valence-electron chi connectivity index (χ2n) is 6.17. The lowest BCUT2D eigenvalue weighted by atomic mass is 10.1. The van der Waals surface area contributed by atoms with Crippen molar-refractivity contribution in [2.75, 3.05) is 10.0 Å². The molecule has 3 rings (SSSR count). The van der Waals surface area contributed by atoms with Crippen LogP contribution in [0.25, 0.3) is 0 Å². The molecule has 1 heterocycles. The van der Waals surface area contributed by atoms with E-state index in [1.807, 2.05) is 29.0 Å². The molecule has 1 aromatic heterocycles. The van der Waals surface area contributed by atoms with Crippen molar-refractivity contribution in [1.82, 2.24) is 4.98 Å². The number of rotatable bonds is 6. The van der Waals surface area contributed by atoms with Crippen molar-refractivity contribution >= 4 is 37.5 Å². The second-order valence-corrected chi connectivity index (χ2v) is 8.74. The molecule has 0 unspecified atom stereocenters. The predicted octanol–water partition coefficient (Wildman–Crippen LogP) is 4.80. The third kappa shape index (κ3) is 5.01. The monoisotopic (exact) mass is 483 g/mol. The van der Waals surface area contributed by atoms with Crippen LogP contribution in [0, 0.1) is 11.8 Å². The highest BCUT2D eigenvalue weighted by Gasteiger charge is 2.23. The first-order valence-electron chi connectivity index (χ1n) is 8.35. The Morgan fingerprint density at radius 1 is 1.10 bits per heavy atom. The number of pyridine rings is 1. The average molecular weight is 484 g/mol. The molecule has 0 saturated heterocycles. The van der Waals surface area contributed by atoms with Crippen LogP contribution in [0.3, 0.4) is 0 Å². The van der Waals surface area contributed by atoms with E-state index in [2.05, 4.69) is 26.2 Å². The minimum atomic E-state index is -4.43. The summed E-state index contributed by atoms with van der Waals surface area (Å²) in [4.78, 5) is 2.59. The second kappa shape index (κ2) is 8.34. The molecule has 10 heteroatoms. The Morgan fingerprint density at radius 3 is 2.52 bits per heavy atom. The number of sulfonamides is 1. The molecule has 0 aliphatic heterocycles. The Labute approximate surface area is 174 Å². The SMILES string of the molecule is C[C@@H](Nc1cc(F)c(S(=O)(=O)Nc2cccc(F)n2)cc1O)c1cccc(Br)c1. The lowest BCUT2D eigenvalue weighted by Crippen LogP contribution is -2.16. The average Bonchev–Trinajstić information content (AvgIpc) is 2.64. The maximum Gasteiger partial charge on any atom is 0.266 e. The number of phenolic OH excluding ortho intramolecular Hbond substituents is 1. The van der Waals surface area contributed by atoms with Gasteiger partial charge in [-0.3, -0.25) is 4.72 Å². The van der Waals surface area contributed by atoms with Crippen LogP contribution in [-0.2, 0) is 10.0 Å². The van der Waals surface area contributed by atoms with Crippen molar-refractivity contribution in [3.05, 3.63) is 76.4 Å². The Kier molecular flexibility index (Phi) is 6.04. The molecule has 0 saturated carbocycles. The number of nitrogens with one attached hydrogen (secondary N) is 2. The van der Waals surface area contributed by atoms with Gasteiger partial charge < -0.3 is 10.4 Å². The van der Waals surface area contributed by atoms with Gasteiger partial charge in [0, 0.05) is 22.6 Å². The standard InChI is InChI=1S/C19H16BrF2N3O3S/c1-11(12-4-2-5-13(20)8-12)23-15-9-14(21)17(10-16(15)26)29(27,28)25-19-7-3-6-18(22)24-19/h2-11,23,26H,1H3,(H,24,25)/t11-/m1/s1. The van der Waals surface area contributed by atoms with Crippen molar-refractivity contribution in [2.24, 2.45) is 0 Å². The van der Waals surface area contributed by atoms with Gasteiger partial charge >= 0.3 is 0 Å². The lowest BCUT2D eigenvalue weighted by Gasteiger charge is -2.18. The number of halogens is 3. The smallest absolute Gasteiger partial charge is 0.266 e. The highest BCUT2D eigenvalue weighted by Crippen LogP contribution is 2.33. The number of hydrogen-bond donors (Lipinski definition) is 3. The number of hydrogen-bond acceptors (Lipinski definition) is 5. The zero-order valence-corrected chi connectivity index (χ0v) is 17.4. The van der Waals surface area contributed by atoms with Crippen LogP contribution in [0.1, 0.15) is 18.5 Å². The van der Waals surface area contributed by atoms with Crippen LogP contribution < -0.4 is 10.0 Å². The van der Waals surface area contributed by atoms with Gasteiger partial charge in [0.1, 0.15) is 22.3 Å². The Balaban J connectivity index is 1.87. The van der Waals surface area contributed by atoms with Gasteiger partial charge in [-0.1, -0.05) is 34.1 Å². The molecule has 0 bridgehead atoms. The summed E-state index contributed by atoms with van der Waals surface area (Å²) >= 11 is 3.37. The number of benzene rings is 2. The van der Waals surface area contributed by atoms with Gasteiger partial charge in [-0.05, 0) is 36.8 Å². The summed E-state index contributed by atoms with van der Waals surface area (Å²) in [5, 5.41) is 13.2. The predicted molar refractivity (Wildman–Crippen MR) is 109 cm³/mol. The van der Waals surface area contributed by atoms with Gasteiger partial charge in [-0.15, -0.1) is 0 Å². The highest BCUT2D eigenvalue weighted by molar-refractivity contribution is 9.10. The van der Waals surface area contributed by atoms with E-state index in [4.69, 9.17) is 0 Å². The molecule has 2 aromatic carbocycles. The summed E-state index contributed by atoms with van der Waals surface area (Å²) < 4.78 is 55.4. The van der Waals surface area contributed by atoms with Crippen LogP contribution in [0.5, 0.6) is 5.75 Å². The third-order valence-electron chi connectivity index (χ3n) is 4.01. The van der Waals surface area contributed by atoms with Gasteiger partial charge in [0.25, 0.3) is 10.0 Å². The first-order chi connectivity index (χ1) is 13.7. The van der Waals surface area contributed by atoms with E-state index >= 15 is 0 Å². The van der Waals surface area contributed by atoms with Crippen molar-refractivity contribution in [2.45, 2.75) is 17.9 Å². The van der Waals surface area contributed by atoms with Crippen LogP contribution in [0.4, 0.5) is 20.3 Å². The summed E-state index contributed by atoms with van der Waals surface area (Å²) in [6.07, 6.45) is 0. The van der Waals surface area contributed by atoms with E-state index in [9.17, 15) is 22.3 Å². The summed E-state index contributed by atoms with van der Waals surface area (Å²) in [5.41, 5.74) is 0.896. The molecule has 6 nitrogen and oxygen atoms in total. The van der Waals surface area contributed by atoms with Crippen LogP contribution in [0.2, 0.25) is 0 Å². The van der Waals surface area contributed by atoms with Gasteiger partial charge in [0.15, 0.2) is 0 Å². The Hall–Kier alpha value is -2.72. The minimum absolute atomic E-state index is 0.0257. The third-order valence-corrected chi connectivity index (χ3v) is 5.88. The normalized spacial score (nSPS) is 12.4. The van der Waals surface area contributed by atoms with Gasteiger partial charge in [-0.2, -0.15) is 4.39 Å². The molecule has 0 amide bonds. The van der Waals surface area contributed by atoms with Crippen LogP contribution in [-0.4, -0.2) is 18.5 Å². The molecule has 0 aliphatic rings. The molecule has 0 radical (unpaired) electrons. The van der Waals surface area contributed by atoms with Gasteiger partial charge in [0.05, 0.1) is 5.69 Å². The maximum atomic E-state index is 14.6. The zero-order chi connectivity index (χ0) is 21.2. The van der Waals surface area contributed by atoms with Crippen molar-refractivity contribution < 1.29 is 22.3 Å². The van der Waals surface area contributed by atoms with Crippen LogP contribution in [0.15, 0.2) is 64.0 Å². The Morgan fingerprint density at radius 2 is 1.83 bits per heavy atom. The number of anilines is 2.